The number of thioether (sulfide) groups is 1. The molecule has 3 saturated heterocycles. The zero-order chi connectivity index (χ0) is 29.7. The molecule has 1 aromatic rings. The number of anilines is 1. The summed E-state index contributed by atoms with van der Waals surface area (Å²) in [4.78, 5) is 48.4. The number of nitrogens with zero attached hydrogens (tertiary/aromatic N) is 3. The van der Waals surface area contributed by atoms with E-state index in [-0.39, 0.29) is 41.0 Å². The lowest BCUT2D eigenvalue weighted by Crippen LogP contribution is -2.56. The van der Waals surface area contributed by atoms with Gasteiger partial charge in [0.15, 0.2) is 0 Å². The smallest absolute Gasteiger partial charge is 0.251 e. The van der Waals surface area contributed by atoms with Crippen LogP contribution < -0.4 is 4.90 Å². The van der Waals surface area contributed by atoms with E-state index in [2.05, 4.69) is 29.1 Å². The van der Waals surface area contributed by atoms with E-state index in [1.54, 1.807) is 45.8 Å². The summed E-state index contributed by atoms with van der Waals surface area (Å²) < 4.78 is -0.712. The molecule has 3 unspecified atom stereocenters. The third-order valence-electron chi connectivity index (χ3n) is 8.49. The predicted octanol–water partition coefficient (Wildman–Crippen LogP) is 5.30. The Labute approximate surface area is 261 Å². The number of halogens is 2. The third-order valence-corrected chi connectivity index (χ3v) is 12.0. The van der Waals surface area contributed by atoms with Crippen LogP contribution in [-0.2, 0) is 14.4 Å². The number of hydrogen-bond acceptors (Lipinski definition) is 5. The highest BCUT2D eigenvalue weighted by Crippen LogP contribution is 2.68. The molecule has 3 aliphatic heterocycles. The van der Waals surface area contributed by atoms with Crippen molar-refractivity contribution in [1.82, 2.24) is 9.80 Å². The molecule has 10 heteroatoms. The molecule has 0 aromatic heterocycles. The summed E-state index contributed by atoms with van der Waals surface area (Å²) in [7, 11) is 0. The molecule has 3 aliphatic rings. The number of hydrogen-bond donors (Lipinski definition) is 1. The van der Waals surface area contributed by atoms with Gasteiger partial charge in [0.2, 0.25) is 11.8 Å². The highest BCUT2D eigenvalue weighted by Gasteiger charge is 2.76. The van der Waals surface area contributed by atoms with Gasteiger partial charge in [-0.1, -0.05) is 59.4 Å². The summed E-state index contributed by atoms with van der Waals surface area (Å²) >= 11 is 11.7. The van der Waals surface area contributed by atoms with Crippen LogP contribution in [0.3, 0.4) is 0 Å². The number of aliphatic hydroxyl groups excluding tert-OH is 1. The fraction of sp³-hybridized carbons (Fsp3) is 0.581. The van der Waals surface area contributed by atoms with Crippen molar-refractivity contribution in [1.29, 1.82) is 0 Å². The molecule has 0 radical (unpaired) electrons. The van der Waals surface area contributed by atoms with E-state index >= 15 is 0 Å². The first-order chi connectivity index (χ1) is 19.7. The minimum atomic E-state index is -0.712. The topological polar surface area (TPSA) is 81.2 Å². The van der Waals surface area contributed by atoms with Crippen molar-refractivity contribution in [2.24, 2.45) is 11.8 Å². The van der Waals surface area contributed by atoms with Gasteiger partial charge in [-0.2, -0.15) is 0 Å². The van der Waals surface area contributed by atoms with E-state index in [4.69, 9.17) is 11.6 Å². The Morgan fingerprint density at radius 3 is 2.46 bits per heavy atom. The zero-order valence-electron chi connectivity index (χ0n) is 23.7. The molecule has 1 N–H and O–H groups in total. The van der Waals surface area contributed by atoms with Crippen LogP contribution in [0.2, 0.25) is 5.02 Å². The molecule has 1 aromatic carbocycles. The third kappa shape index (κ3) is 6.15. The monoisotopic (exact) mass is 665 g/mol. The lowest BCUT2D eigenvalue weighted by Gasteiger charge is -2.38. The molecule has 2 bridgehead atoms. The van der Waals surface area contributed by atoms with Gasteiger partial charge in [-0.25, -0.2) is 0 Å². The molecule has 41 heavy (non-hydrogen) atoms. The first-order valence-corrected chi connectivity index (χ1v) is 16.7. The van der Waals surface area contributed by atoms with Crippen molar-refractivity contribution < 1.29 is 19.5 Å². The van der Waals surface area contributed by atoms with Crippen LogP contribution in [0.1, 0.15) is 45.4 Å². The number of rotatable bonds is 15. The minimum Gasteiger partial charge on any atom is -0.396 e. The fourth-order valence-corrected chi connectivity index (χ4v) is 10.6. The van der Waals surface area contributed by atoms with Gasteiger partial charge < -0.3 is 19.8 Å². The Hall–Kier alpha value is -1.81. The maximum absolute atomic E-state index is 14.6. The molecule has 0 saturated carbocycles. The SMILES string of the molecule is C=CCN(CCC)C(=O)[C@H]1[C@@H]2SC3(CC2Br)C(C(=O)N(CC=C)c2ccc(Cl)cc2)N(CCCCCCO)C(=O)[C@H]13. The Balaban J connectivity index is 1.74. The Bertz CT molecular complexity index is 1140. The molecule has 1 spiro atoms. The van der Waals surface area contributed by atoms with Crippen molar-refractivity contribution in [3.63, 3.8) is 0 Å². The lowest BCUT2D eigenvalue weighted by atomic mass is 9.70. The second kappa shape index (κ2) is 14.1. The average molecular weight is 667 g/mol. The van der Waals surface area contributed by atoms with Crippen LogP contribution in [0, 0.1) is 11.8 Å². The molecule has 4 rings (SSSR count). The highest BCUT2D eigenvalue weighted by atomic mass is 79.9. The van der Waals surface area contributed by atoms with Gasteiger partial charge >= 0.3 is 0 Å². The van der Waals surface area contributed by atoms with Crippen LogP contribution in [0.5, 0.6) is 0 Å². The average Bonchev–Trinajstić information content (AvgIpc) is 3.54. The first-order valence-electron chi connectivity index (χ1n) is 14.6. The summed E-state index contributed by atoms with van der Waals surface area (Å²) in [5.74, 6) is -1.34. The van der Waals surface area contributed by atoms with Crippen LogP contribution in [0.4, 0.5) is 5.69 Å². The van der Waals surface area contributed by atoms with Gasteiger partial charge in [0, 0.05) is 53.6 Å². The van der Waals surface area contributed by atoms with Crippen LogP contribution >= 0.6 is 39.3 Å². The number of unbranched alkanes of at least 4 members (excludes halogenated alkanes) is 3. The molecule has 0 aliphatic carbocycles. The molecule has 224 valence electrons. The summed E-state index contributed by atoms with van der Waals surface area (Å²) in [5.41, 5.74) is 0.690. The van der Waals surface area contributed by atoms with Crippen molar-refractivity contribution >= 4 is 62.7 Å². The van der Waals surface area contributed by atoms with Gasteiger partial charge in [0.1, 0.15) is 6.04 Å². The number of aliphatic hydroxyl groups is 1. The van der Waals surface area contributed by atoms with E-state index in [1.807, 2.05) is 24.0 Å². The van der Waals surface area contributed by atoms with E-state index in [1.165, 1.54) is 0 Å². The van der Waals surface area contributed by atoms with Crippen LogP contribution in [-0.4, -0.2) is 86.3 Å². The zero-order valence-corrected chi connectivity index (χ0v) is 26.9. The van der Waals surface area contributed by atoms with E-state index in [0.717, 1.165) is 25.7 Å². The maximum atomic E-state index is 14.6. The van der Waals surface area contributed by atoms with Crippen LogP contribution in [0.15, 0.2) is 49.6 Å². The lowest BCUT2D eigenvalue weighted by molar-refractivity contribution is -0.143. The van der Waals surface area contributed by atoms with Gasteiger partial charge in [0.05, 0.1) is 16.6 Å². The number of benzene rings is 1. The van der Waals surface area contributed by atoms with E-state index in [9.17, 15) is 19.5 Å². The summed E-state index contributed by atoms with van der Waals surface area (Å²) in [5, 5.41) is 9.68. The molecule has 6 atom stereocenters. The highest BCUT2D eigenvalue weighted by molar-refractivity contribution is 9.09. The fourth-order valence-electron chi connectivity index (χ4n) is 6.83. The summed E-state index contributed by atoms with van der Waals surface area (Å²) in [6, 6.07) is 6.42. The summed E-state index contributed by atoms with van der Waals surface area (Å²) in [6.45, 7) is 11.7. The van der Waals surface area contributed by atoms with Crippen molar-refractivity contribution in [2.75, 3.05) is 37.7 Å². The summed E-state index contributed by atoms with van der Waals surface area (Å²) in [6.07, 6.45) is 8.01. The standard InChI is InChI=1S/C31H41BrClN3O4S/c1-4-15-34(16-5-2)28(38)24-25-29(39)36(18-9-7-8-10-19-37)27(31(25)20-23(32)26(24)41-31)30(40)35(17-6-3)22-13-11-21(33)12-14-22/h4,6,11-14,23-27,37H,1,3,5,7-10,15-20H2,2H3/t23?,24-,25+,26-,27?,31?/m1/s1. The van der Waals surface area contributed by atoms with Crippen molar-refractivity contribution in [3.05, 3.63) is 54.6 Å². The number of likely N-dealkylation sites (tertiary alicyclic amines) is 1. The molecule has 3 amide bonds. The predicted molar refractivity (Wildman–Crippen MR) is 171 cm³/mol. The normalized spacial score (nSPS) is 28.0. The van der Waals surface area contributed by atoms with E-state index < -0.39 is 22.6 Å². The maximum Gasteiger partial charge on any atom is 0.251 e. The number of alkyl halides is 1. The van der Waals surface area contributed by atoms with Gasteiger partial charge in [-0.3, -0.25) is 14.4 Å². The second-order valence-corrected chi connectivity index (χ2v) is 14.3. The van der Waals surface area contributed by atoms with Gasteiger partial charge in [-0.05, 0) is 49.9 Å². The van der Waals surface area contributed by atoms with Gasteiger partial charge in [0.25, 0.3) is 5.91 Å². The van der Waals surface area contributed by atoms with Crippen LogP contribution in [0.25, 0.3) is 0 Å². The van der Waals surface area contributed by atoms with Gasteiger partial charge in [-0.15, -0.1) is 24.9 Å². The molecule has 3 heterocycles. The Kier molecular flexibility index (Phi) is 11.0. The minimum absolute atomic E-state index is 0.0147. The quantitative estimate of drug-likeness (QED) is 0.156. The second-order valence-electron chi connectivity index (χ2n) is 11.1. The molecular weight excluding hydrogens is 626 g/mol. The number of carbonyl (C=O) groups is 3. The van der Waals surface area contributed by atoms with Crippen molar-refractivity contribution in [3.8, 4) is 0 Å². The van der Waals surface area contributed by atoms with Crippen molar-refractivity contribution in [2.45, 2.75) is 66.3 Å². The number of amides is 3. The molecule has 3 fully saturated rings. The van der Waals surface area contributed by atoms with E-state index in [0.29, 0.717) is 43.2 Å². The Morgan fingerprint density at radius 2 is 1.83 bits per heavy atom. The number of fused-ring (bicyclic) bond motifs is 1. The Morgan fingerprint density at radius 1 is 1.15 bits per heavy atom. The molecular formula is C31H41BrClN3O4S. The molecule has 7 nitrogen and oxygen atoms in total. The number of carbonyl (C=O) groups excluding carboxylic acids is 3. The first kappa shape index (κ1) is 32.1. The largest absolute Gasteiger partial charge is 0.396 e.